The lowest BCUT2D eigenvalue weighted by Crippen LogP contribution is -2.55. The summed E-state index contributed by atoms with van der Waals surface area (Å²) in [6.07, 6.45) is -4.91. The molecule has 1 aromatic rings. The van der Waals surface area contributed by atoms with Crippen LogP contribution in [0.1, 0.15) is 30.0 Å². The van der Waals surface area contributed by atoms with Crippen LogP contribution in [0.3, 0.4) is 0 Å². The molecule has 3 N–H and O–H groups in total. The molecule has 0 amide bonds. The minimum atomic E-state index is -4.89. The Morgan fingerprint density at radius 2 is 1.85 bits per heavy atom. The molecule has 0 aliphatic heterocycles. The fraction of sp³-hybridized carbons (Fsp3) is 0.571. The largest absolute Gasteiger partial charge is 0.496 e. The topological polar surface area (TPSA) is 55.5 Å². The van der Waals surface area contributed by atoms with Crippen molar-refractivity contribution in [2.24, 2.45) is 5.73 Å². The molecule has 1 rings (SSSR count). The van der Waals surface area contributed by atoms with E-state index >= 15 is 0 Å². The summed E-state index contributed by atoms with van der Waals surface area (Å²) in [6, 6.07) is 1.55. The molecule has 0 bridgehead atoms. The summed E-state index contributed by atoms with van der Waals surface area (Å²) in [4.78, 5) is 0. The van der Waals surface area contributed by atoms with E-state index in [9.17, 15) is 18.3 Å². The van der Waals surface area contributed by atoms with Crippen LogP contribution < -0.4 is 10.5 Å². The Labute approximate surface area is 116 Å². The number of hydrogen-bond acceptors (Lipinski definition) is 3. The third-order valence-electron chi connectivity index (χ3n) is 3.45. The molecule has 0 heterocycles. The van der Waals surface area contributed by atoms with Crippen molar-refractivity contribution < 1.29 is 23.0 Å². The summed E-state index contributed by atoms with van der Waals surface area (Å²) in [6.45, 7) is 4.74. The summed E-state index contributed by atoms with van der Waals surface area (Å²) in [7, 11) is 1.27. The van der Waals surface area contributed by atoms with E-state index in [4.69, 9.17) is 10.5 Å². The van der Waals surface area contributed by atoms with Crippen LogP contribution in [0.4, 0.5) is 13.2 Å². The minimum Gasteiger partial charge on any atom is -0.496 e. The van der Waals surface area contributed by atoms with E-state index in [2.05, 4.69) is 0 Å². The van der Waals surface area contributed by atoms with Gasteiger partial charge in [0.05, 0.1) is 7.11 Å². The number of hydrogen-bond donors (Lipinski definition) is 2. The zero-order valence-corrected chi connectivity index (χ0v) is 12.0. The molecule has 0 saturated carbocycles. The molecule has 0 aliphatic rings. The molecule has 2 unspecified atom stereocenters. The highest BCUT2D eigenvalue weighted by Crippen LogP contribution is 2.46. The lowest BCUT2D eigenvalue weighted by atomic mass is 9.81. The number of aliphatic hydroxyl groups is 1. The first-order valence-electron chi connectivity index (χ1n) is 6.29. The first kappa shape index (κ1) is 16.8. The zero-order valence-electron chi connectivity index (χ0n) is 12.0. The van der Waals surface area contributed by atoms with Crippen molar-refractivity contribution in [3.05, 3.63) is 28.8 Å². The number of ether oxygens (including phenoxy) is 1. The zero-order chi connectivity index (χ0) is 15.7. The van der Waals surface area contributed by atoms with Gasteiger partial charge in [-0.2, -0.15) is 13.2 Å². The lowest BCUT2D eigenvalue weighted by molar-refractivity contribution is -0.275. The van der Waals surface area contributed by atoms with Gasteiger partial charge in [-0.05, 0) is 37.5 Å². The van der Waals surface area contributed by atoms with Gasteiger partial charge in [0, 0.05) is 11.6 Å². The van der Waals surface area contributed by atoms with E-state index in [0.717, 1.165) is 5.56 Å². The van der Waals surface area contributed by atoms with E-state index in [0.29, 0.717) is 5.56 Å². The monoisotopic (exact) mass is 291 g/mol. The van der Waals surface area contributed by atoms with Crippen molar-refractivity contribution >= 4 is 0 Å². The number of aryl methyl sites for hydroxylation is 2. The normalized spacial score (nSPS) is 16.6. The van der Waals surface area contributed by atoms with E-state index < -0.39 is 17.8 Å². The lowest BCUT2D eigenvalue weighted by Gasteiger charge is -2.37. The molecule has 0 saturated heterocycles. The van der Waals surface area contributed by atoms with Crippen molar-refractivity contribution in [2.75, 3.05) is 7.11 Å². The van der Waals surface area contributed by atoms with Crippen LogP contribution in [0.25, 0.3) is 0 Å². The molecule has 1 aromatic carbocycles. The Morgan fingerprint density at radius 1 is 1.30 bits per heavy atom. The SMILES string of the molecule is CCC(N)C(O)(c1c(C)cc(C)cc1OC)C(F)(F)F. The van der Waals surface area contributed by atoms with E-state index in [1.165, 1.54) is 27.0 Å². The molecule has 0 spiro atoms. The van der Waals surface area contributed by atoms with Crippen LogP contribution in [0.15, 0.2) is 12.1 Å². The average Bonchev–Trinajstić information content (AvgIpc) is 2.34. The van der Waals surface area contributed by atoms with Gasteiger partial charge in [0.15, 0.2) is 0 Å². The average molecular weight is 291 g/mol. The standard InChI is InChI=1S/C14H20F3NO2/c1-5-11(18)13(19,14(15,16)17)12-9(3)6-8(2)7-10(12)20-4/h6-7,11,19H,5,18H2,1-4H3. The third kappa shape index (κ3) is 2.62. The number of halogens is 3. The van der Waals surface area contributed by atoms with Gasteiger partial charge in [-0.1, -0.05) is 13.0 Å². The summed E-state index contributed by atoms with van der Waals surface area (Å²) in [5, 5.41) is 10.3. The Hall–Kier alpha value is -1.27. The van der Waals surface area contributed by atoms with Crippen LogP contribution >= 0.6 is 0 Å². The van der Waals surface area contributed by atoms with Crippen molar-refractivity contribution in [2.45, 2.75) is 45.0 Å². The second kappa shape index (κ2) is 5.61. The van der Waals surface area contributed by atoms with Crippen LogP contribution in [0.5, 0.6) is 5.75 Å². The van der Waals surface area contributed by atoms with E-state index in [1.807, 2.05) is 0 Å². The summed E-state index contributed by atoms with van der Waals surface area (Å²) in [5.74, 6) is -0.00812. The number of methoxy groups -OCH3 is 1. The van der Waals surface area contributed by atoms with Crippen molar-refractivity contribution in [1.29, 1.82) is 0 Å². The van der Waals surface area contributed by atoms with Crippen LogP contribution in [0, 0.1) is 13.8 Å². The van der Waals surface area contributed by atoms with E-state index in [-0.39, 0.29) is 17.7 Å². The first-order chi connectivity index (χ1) is 9.09. The third-order valence-corrected chi connectivity index (χ3v) is 3.45. The molecule has 2 atom stereocenters. The highest BCUT2D eigenvalue weighted by molar-refractivity contribution is 5.48. The van der Waals surface area contributed by atoms with Crippen molar-refractivity contribution in [3.63, 3.8) is 0 Å². The van der Waals surface area contributed by atoms with E-state index in [1.54, 1.807) is 13.0 Å². The smallest absolute Gasteiger partial charge is 0.423 e. The molecule has 6 heteroatoms. The Bertz CT molecular complexity index is 488. The number of alkyl halides is 3. The summed E-state index contributed by atoms with van der Waals surface area (Å²) >= 11 is 0. The highest BCUT2D eigenvalue weighted by atomic mass is 19.4. The number of nitrogens with two attached hydrogens (primary N) is 1. The van der Waals surface area contributed by atoms with Gasteiger partial charge in [0.2, 0.25) is 5.60 Å². The molecule has 20 heavy (non-hydrogen) atoms. The molecular weight excluding hydrogens is 271 g/mol. The fourth-order valence-corrected chi connectivity index (χ4v) is 2.41. The molecule has 0 radical (unpaired) electrons. The molecule has 0 fully saturated rings. The van der Waals surface area contributed by atoms with Gasteiger partial charge in [-0.15, -0.1) is 0 Å². The molecular formula is C14H20F3NO2. The van der Waals surface area contributed by atoms with Gasteiger partial charge in [0.1, 0.15) is 5.75 Å². The van der Waals surface area contributed by atoms with Crippen LogP contribution in [-0.4, -0.2) is 24.4 Å². The van der Waals surface area contributed by atoms with Gasteiger partial charge >= 0.3 is 6.18 Å². The van der Waals surface area contributed by atoms with Gasteiger partial charge in [-0.3, -0.25) is 0 Å². The quantitative estimate of drug-likeness (QED) is 0.897. The molecule has 0 aromatic heterocycles. The number of rotatable bonds is 4. The molecule has 114 valence electrons. The van der Waals surface area contributed by atoms with Crippen molar-refractivity contribution in [3.8, 4) is 5.75 Å². The van der Waals surface area contributed by atoms with Crippen molar-refractivity contribution in [1.82, 2.24) is 0 Å². The minimum absolute atomic E-state index is 0.00812. The Morgan fingerprint density at radius 3 is 2.25 bits per heavy atom. The highest BCUT2D eigenvalue weighted by Gasteiger charge is 2.60. The molecule has 0 aliphatic carbocycles. The number of benzene rings is 1. The maximum atomic E-state index is 13.4. The maximum Gasteiger partial charge on any atom is 0.423 e. The van der Waals surface area contributed by atoms with Crippen LogP contribution in [0.2, 0.25) is 0 Å². The summed E-state index contributed by atoms with van der Waals surface area (Å²) in [5.41, 5.74) is 3.17. The van der Waals surface area contributed by atoms with Crippen LogP contribution in [-0.2, 0) is 5.60 Å². The Kier molecular flexibility index (Phi) is 4.71. The Balaban J connectivity index is 3.67. The predicted molar refractivity (Wildman–Crippen MR) is 70.7 cm³/mol. The second-order valence-corrected chi connectivity index (χ2v) is 4.94. The molecule has 3 nitrogen and oxygen atoms in total. The fourth-order valence-electron chi connectivity index (χ4n) is 2.41. The second-order valence-electron chi connectivity index (χ2n) is 4.94. The maximum absolute atomic E-state index is 13.4. The first-order valence-corrected chi connectivity index (χ1v) is 6.29. The van der Waals surface area contributed by atoms with Gasteiger partial charge < -0.3 is 15.6 Å². The summed E-state index contributed by atoms with van der Waals surface area (Å²) < 4.78 is 45.3. The predicted octanol–water partition coefficient (Wildman–Crippen LogP) is 2.80. The van der Waals surface area contributed by atoms with Gasteiger partial charge in [0.25, 0.3) is 0 Å². The van der Waals surface area contributed by atoms with Gasteiger partial charge in [-0.25, -0.2) is 0 Å².